The van der Waals surface area contributed by atoms with Crippen LogP contribution in [0.2, 0.25) is 0 Å². The van der Waals surface area contributed by atoms with Crippen molar-refractivity contribution in [1.29, 1.82) is 0 Å². The van der Waals surface area contributed by atoms with E-state index in [4.69, 9.17) is 9.84 Å². The van der Waals surface area contributed by atoms with E-state index in [1.54, 1.807) is 37.4 Å². The van der Waals surface area contributed by atoms with Crippen LogP contribution in [0.4, 0.5) is 4.79 Å². The number of carboxylic acids is 1. The molecule has 1 aromatic heterocycles. The number of ether oxygens (including phenoxy) is 1. The monoisotopic (exact) mass is 518 g/mol. The summed E-state index contributed by atoms with van der Waals surface area (Å²) < 4.78 is 31.8. The summed E-state index contributed by atoms with van der Waals surface area (Å²) in [6.45, 7) is 1.80. The number of amides is 3. The third-order valence-electron chi connectivity index (χ3n) is 5.55. The Balaban J connectivity index is 1.82. The number of urea groups is 1. The Morgan fingerprint density at radius 1 is 1.22 bits per heavy atom. The van der Waals surface area contributed by atoms with Gasteiger partial charge in [0.1, 0.15) is 18.4 Å². The van der Waals surface area contributed by atoms with Crippen LogP contribution >= 0.6 is 0 Å². The van der Waals surface area contributed by atoms with Crippen molar-refractivity contribution in [2.24, 2.45) is 0 Å². The zero-order valence-corrected chi connectivity index (χ0v) is 20.7. The minimum Gasteiger partial charge on any atom is -0.491 e. The molecule has 0 fully saturated rings. The Bertz CT molecular complexity index is 1200. The number of pyridine rings is 1. The van der Waals surface area contributed by atoms with E-state index in [1.165, 1.54) is 6.20 Å². The quantitative estimate of drug-likeness (QED) is 0.475. The standard InChI is InChI=1S/C24H30N4O7S/c1-16-15-35-21-8-3-2-6-19(21)17-12-18(14-25-13-17)36(33,34)11-5-4-7-20(23(31)27-16)28-24(32)26-10-9-22(29)30/h2-3,6,8,12-14,16,20H,4-5,7,9-11,15H2,1H3,(H,27,31)(H,29,30)(H2,26,28,32)/t16-,20+/m1/s1. The number of para-hydroxylation sites is 1. The van der Waals surface area contributed by atoms with E-state index < -0.39 is 39.8 Å². The Hall–Kier alpha value is -3.67. The molecule has 0 spiro atoms. The first-order valence-corrected chi connectivity index (χ1v) is 13.3. The van der Waals surface area contributed by atoms with Crippen LogP contribution in [0, 0.1) is 0 Å². The molecule has 0 saturated carbocycles. The number of carboxylic acid groups (broad SMARTS) is 1. The predicted octanol–water partition coefficient (Wildman–Crippen LogP) is 1.73. The molecule has 2 bridgehead atoms. The lowest BCUT2D eigenvalue weighted by Gasteiger charge is -2.22. The topological polar surface area (TPSA) is 164 Å². The Morgan fingerprint density at radius 3 is 2.78 bits per heavy atom. The maximum absolute atomic E-state index is 12.9. The Morgan fingerprint density at radius 2 is 2.00 bits per heavy atom. The van der Waals surface area contributed by atoms with E-state index in [-0.39, 0.29) is 43.1 Å². The van der Waals surface area contributed by atoms with Crippen molar-refractivity contribution in [3.63, 3.8) is 0 Å². The fourth-order valence-corrected chi connectivity index (χ4v) is 5.03. The molecular weight excluding hydrogens is 488 g/mol. The number of hydrogen-bond donors (Lipinski definition) is 4. The van der Waals surface area contributed by atoms with Gasteiger partial charge in [0.25, 0.3) is 0 Å². The van der Waals surface area contributed by atoms with E-state index in [9.17, 15) is 22.8 Å². The maximum atomic E-state index is 12.9. The summed E-state index contributed by atoms with van der Waals surface area (Å²) in [5, 5.41) is 16.5. The minimum absolute atomic E-state index is 0.0928. The highest BCUT2D eigenvalue weighted by atomic mass is 32.2. The van der Waals surface area contributed by atoms with Crippen LogP contribution in [-0.4, -0.2) is 67.4 Å². The van der Waals surface area contributed by atoms with Crippen molar-refractivity contribution in [3.05, 3.63) is 42.7 Å². The molecule has 11 nitrogen and oxygen atoms in total. The van der Waals surface area contributed by atoms with Crippen LogP contribution < -0.4 is 20.7 Å². The number of aromatic nitrogens is 1. The normalized spacial score (nSPS) is 20.2. The molecule has 12 heteroatoms. The summed E-state index contributed by atoms with van der Waals surface area (Å²) >= 11 is 0. The smallest absolute Gasteiger partial charge is 0.315 e. The van der Waals surface area contributed by atoms with Crippen molar-refractivity contribution < 1.29 is 32.6 Å². The molecule has 2 atom stereocenters. The summed E-state index contributed by atoms with van der Waals surface area (Å²) in [5.74, 6) is -1.15. The van der Waals surface area contributed by atoms with Gasteiger partial charge in [-0.25, -0.2) is 13.2 Å². The van der Waals surface area contributed by atoms with E-state index >= 15 is 0 Å². The van der Waals surface area contributed by atoms with Crippen LogP contribution in [0.5, 0.6) is 5.75 Å². The number of fused-ring (bicyclic) bond motifs is 4. The summed E-state index contributed by atoms with van der Waals surface area (Å²) in [7, 11) is -3.63. The zero-order chi connectivity index (χ0) is 26.1. The van der Waals surface area contributed by atoms with Gasteiger partial charge in [-0.2, -0.15) is 0 Å². The van der Waals surface area contributed by atoms with Gasteiger partial charge in [-0.05, 0) is 38.3 Å². The molecule has 0 unspecified atom stereocenters. The highest BCUT2D eigenvalue weighted by Gasteiger charge is 2.24. The number of nitrogens with zero attached hydrogens (tertiary/aromatic N) is 1. The van der Waals surface area contributed by atoms with Gasteiger partial charge in [-0.3, -0.25) is 14.6 Å². The van der Waals surface area contributed by atoms with Crippen LogP contribution in [0.3, 0.4) is 0 Å². The average molecular weight is 519 g/mol. The number of carbonyl (C=O) groups is 3. The van der Waals surface area contributed by atoms with Crippen LogP contribution in [-0.2, 0) is 19.4 Å². The number of aliphatic carboxylic acids is 1. The molecule has 1 aromatic carbocycles. The molecule has 36 heavy (non-hydrogen) atoms. The minimum atomic E-state index is -3.63. The highest BCUT2D eigenvalue weighted by Crippen LogP contribution is 2.31. The van der Waals surface area contributed by atoms with Crippen molar-refractivity contribution in [1.82, 2.24) is 20.9 Å². The molecule has 3 amide bonds. The second-order valence-electron chi connectivity index (χ2n) is 8.54. The number of benzene rings is 1. The van der Waals surface area contributed by atoms with Gasteiger partial charge in [0.15, 0.2) is 9.84 Å². The van der Waals surface area contributed by atoms with Crippen LogP contribution in [0.1, 0.15) is 32.6 Å². The molecule has 3 rings (SSSR count). The lowest BCUT2D eigenvalue weighted by atomic mass is 10.1. The van der Waals surface area contributed by atoms with Crippen molar-refractivity contribution in [2.75, 3.05) is 18.9 Å². The number of carbonyl (C=O) groups excluding carboxylic acids is 2. The average Bonchev–Trinajstić information content (AvgIpc) is 2.84. The summed E-state index contributed by atoms with van der Waals surface area (Å²) in [5.41, 5.74) is 1.28. The summed E-state index contributed by atoms with van der Waals surface area (Å²) in [4.78, 5) is 40.0. The summed E-state index contributed by atoms with van der Waals surface area (Å²) in [6.07, 6.45) is 3.46. The van der Waals surface area contributed by atoms with Gasteiger partial charge >= 0.3 is 12.0 Å². The first-order chi connectivity index (χ1) is 17.2. The molecule has 1 aliphatic rings. The third kappa shape index (κ3) is 7.67. The number of nitrogens with one attached hydrogen (secondary N) is 3. The van der Waals surface area contributed by atoms with Gasteiger partial charge in [0.2, 0.25) is 5.91 Å². The first kappa shape index (κ1) is 26.9. The van der Waals surface area contributed by atoms with Gasteiger partial charge in [-0.15, -0.1) is 0 Å². The Labute approximate surface area is 209 Å². The fourth-order valence-electron chi connectivity index (χ4n) is 3.69. The predicted molar refractivity (Wildman–Crippen MR) is 131 cm³/mol. The maximum Gasteiger partial charge on any atom is 0.315 e. The van der Waals surface area contributed by atoms with E-state index in [0.29, 0.717) is 23.3 Å². The molecule has 4 N–H and O–H groups in total. The zero-order valence-electron chi connectivity index (χ0n) is 19.9. The van der Waals surface area contributed by atoms with Crippen LogP contribution in [0.15, 0.2) is 47.6 Å². The largest absolute Gasteiger partial charge is 0.491 e. The first-order valence-electron chi connectivity index (χ1n) is 11.6. The second-order valence-corrected chi connectivity index (χ2v) is 10.6. The van der Waals surface area contributed by atoms with Crippen LogP contribution in [0.25, 0.3) is 11.1 Å². The van der Waals surface area contributed by atoms with Gasteiger partial charge < -0.3 is 25.8 Å². The van der Waals surface area contributed by atoms with E-state index in [0.717, 1.165) is 0 Å². The molecule has 0 radical (unpaired) electrons. The molecule has 2 aromatic rings. The van der Waals surface area contributed by atoms with E-state index in [2.05, 4.69) is 20.9 Å². The lowest BCUT2D eigenvalue weighted by molar-refractivity contribution is -0.136. The number of rotatable bonds is 4. The molecule has 194 valence electrons. The Kier molecular flexibility index (Phi) is 9.23. The van der Waals surface area contributed by atoms with Crippen molar-refractivity contribution in [2.45, 2.75) is 49.6 Å². The molecule has 0 aliphatic carbocycles. The van der Waals surface area contributed by atoms with Gasteiger partial charge in [0, 0.05) is 30.1 Å². The lowest BCUT2D eigenvalue weighted by Crippen LogP contribution is -2.52. The highest BCUT2D eigenvalue weighted by molar-refractivity contribution is 7.91. The third-order valence-corrected chi connectivity index (χ3v) is 7.32. The second kappa shape index (κ2) is 12.3. The number of hydrogen-bond acceptors (Lipinski definition) is 7. The van der Waals surface area contributed by atoms with Gasteiger partial charge in [-0.1, -0.05) is 18.2 Å². The SMILES string of the molecule is C[C@@H]1COc2ccccc2-c2cncc(c2)S(=O)(=O)CCCC[C@H](NC(=O)NCCC(=O)O)C(=O)N1. The van der Waals surface area contributed by atoms with Crippen molar-refractivity contribution in [3.8, 4) is 16.9 Å². The molecule has 1 aliphatic heterocycles. The molecule has 2 heterocycles. The van der Waals surface area contributed by atoms with Gasteiger partial charge in [0.05, 0.1) is 23.1 Å². The van der Waals surface area contributed by atoms with E-state index in [1.807, 2.05) is 6.07 Å². The van der Waals surface area contributed by atoms with Crippen molar-refractivity contribution >= 4 is 27.7 Å². The molecular formula is C24H30N4O7S. The fraction of sp³-hybridized carbons (Fsp3) is 0.417. The number of sulfone groups is 1. The summed E-state index contributed by atoms with van der Waals surface area (Å²) in [6, 6.07) is 6.71. The molecule has 0 saturated heterocycles.